The highest BCUT2D eigenvalue weighted by atomic mass is 32.1. The van der Waals surface area contributed by atoms with E-state index in [9.17, 15) is 9.59 Å². The molecule has 4 nitrogen and oxygen atoms in total. The van der Waals surface area contributed by atoms with Gasteiger partial charge in [0.05, 0.1) is 6.04 Å². The summed E-state index contributed by atoms with van der Waals surface area (Å²) in [5, 5.41) is 3.05. The van der Waals surface area contributed by atoms with Gasteiger partial charge >= 0.3 is 0 Å². The molecule has 0 radical (unpaired) electrons. The van der Waals surface area contributed by atoms with Crippen LogP contribution in [0, 0.1) is 20.8 Å². The second-order valence-electron chi connectivity index (χ2n) is 5.95. The molecule has 124 valence electrons. The van der Waals surface area contributed by atoms with Crippen molar-refractivity contribution in [2.45, 2.75) is 54.0 Å². The molecule has 0 unspecified atom stereocenters. The first-order valence-electron chi connectivity index (χ1n) is 7.86. The topological polar surface area (TPSA) is 62.0 Å². The number of aromatic nitrogens is 1. The van der Waals surface area contributed by atoms with Crippen molar-refractivity contribution in [2.24, 2.45) is 0 Å². The van der Waals surface area contributed by atoms with Crippen molar-refractivity contribution in [3.05, 3.63) is 43.9 Å². The predicted octanol–water partition coefficient (Wildman–Crippen LogP) is 4.26. The Kier molecular flexibility index (Phi) is 5.09. The Hall–Kier alpha value is -1.88. The molecule has 0 aliphatic heterocycles. The quantitative estimate of drug-likeness (QED) is 0.804. The Labute approximate surface area is 141 Å². The third-order valence-electron chi connectivity index (χ3n) is 4.12. The minimum absolute atomic E-state index is 0.00741. The zero-order valence-corrected chi connectivity index (χ0v) is 15.4. The maximum atomic E-state index is 12.7. The number of carbonyl (C=O) groups is 2. The van der Waals surface area contributed by atoms with Crippen LogP contribution in [0.5, 0.6) is 0 Å². The predicted molar refractivity (Wildman–Crippen MR) is 94.6 cm³/mol. The summed E-state index contributed by atoms with van der Waals surface area (Å²) in [5.74, 6) is -0.166. The fraction of sp³-hybridized carbons (Fsp3) is 0.444. The summed E-state index contributed by atoms with van der Waals surface area (Å²) in [4.78, 5) is 30.0. The molecule has 0 aliphatic carbocycles. The summed E-state index contributed by atoms with van der Waals surface area (Å²) in [7, 11) is 0. The molecule has 1 amide bonds. The molecule has 0 fully saturated rings. The van der Waals surface area contributed by atoms with Crippen molar-refractivity contribution in [3.63, 3.8) is 0 Å². The first-order valence-corrected chi connectivity index (χ1v) is 8.68. The Morgan fingerprint density at radius 3 is 2.43 bits per heavy atom. The molecule has 2 N–H and O–H groups in total. The highest BCUT2D eigenvalue weighted by Crippen LogP contribution is 2.27. The van der Waals surface area contributed by atoms with Gasteiger partial charge in [0, 0.05) is 21.0 Å². The molecular weight excluding hydrogens is 308 g/mol. The van der Waals surface area contributed by atoms with E-state index < -0.39 is 0 Å². The lowest BCUT2D eigenvalue weighted by atomic mass is 10.0. The molecule has 2 aromatic rings. The van der Waals surface area contributed by atoms with Gasteiger partial charge in [-0.1, -0.05) is 6.92 Å². The molecular formula is C18H24N2O2S. The smallest absolute Gasteiger partial charge is 0.268 e. The first-order chi connectivity index (χ1) is 10.8. The first kappa shape index (κ1) is 17.5. The summed E-state index contributed by atoms with van der Waals surface area (Å²) in [6.07, 6.45) is 0.646. The van der Waals surface area contributed by atoms with Crippen molar-refractivity contribution in [2.75, 3.05) is 0 Å². The van der Waals surface area contributed by atoms with Crippen LogP contribution in [0.4, 0.5) is 0 Å². The number of aromatic amines is 1. The Bertz CT molecular complexity index is 755. The number of nitrogens with one attached hydrogen (secondary N) is 2. The Balaban J connectivity index is 2.29. The molecule has 2 rings (SSSR count). The van der Waals surface area contributed by atoms with Gasteiger partial charge in [-0.3, -0.25) is 9.59 Å². The minimum Gasteiger partial charge on any atom is -0.354 e. The van der Waals surface area contributed by atoms with Gasteiger partial charge in [-0.05, 0) is 58.2 Å². The SMILES string of the molecule is CCc1c(C(=O)N[C@H](C)c2cc(C)sc2C)[nH]c(C)c1C(C)=O. The number of carbonyl (C=O) groups excluding carboxylic acids is 2. The average Bonchev–Trinajstić information content (AvgIpc) is 2.97. The number of amides is 1. The largest absolute Gasteiger partial charge is 0.354 e. The number of hydrogen-bond acceptors (Lipinski definition) is 3. The van der Waals surface area contributed by atoms with E-state index in [1.165, 1.54) is 16.7 Å². The molecule has 0 spiro atoms. The normalized spacial score (nSPS) is 12.3. The van der Waals surface area contributed by atoms with Crippen molar-refractivity contribution in [3.8, 4) is 0 Å². The van der Waals surface area contributed by atoms with E-state index in [1.807, 2.05) is 20.8 Å². The summed E-state index contributed by atoms with van der Waals surface area (Å²) in [6, 6.07) is 2.05. The molecule has 0 saturated carbocycles. The lowest BCUT2D eigenvalue weighted by Crippen LogP contribution is -2.28. The summed E-state index contributed by atoms with van der Waals surface area (Å²) in [6.45, 7) is 11.5. The van der Waals surface area contributed by atoms with Crippen molar-refractivity contribution in [1.82, 2.24) is 10.3 Å². The van der Waals surface area contributed by atoms with Crippen LogP contribution >= 0.6 is 11.3 Å². The van der Waals surface area contributed by atoms with Crippen molar-refractivity contribution in [1.29, 1.82) is 0 Å². The van der Waals surface area contributed by atoms with Crippen LogP contribution in [0.2, 0.25) is 0 Å². The number of H-pyrrole nitrogens is 1. The zero-order valence-electron chi connectivity index (χ0n) is 14.6. The van der Waals surface area contributed by atoms with E-state index in [-0.39, 0.29) is 17.7 Å². The molecule has 5 heteroatoms. The van der Waals surface area contributed by atoms with Gasteiger partial charge in [0.25, 0.3) is 5.91 Å². The third kappa shape index (κ3) is 3.39. The number of aryl methyl sites for hydroxylation is 3. The van der Waals surface area contributed by atoms with Crippen molar-refractivity contribution >= 4 is 23.0 Å². The molecule has 2 aromatic heterocycles. The van der Waals surface area contributed by atoms with E-state index in [0.29, 0.717) is 17.7 Å². The molecule has 0 bridgehead atoms. The highest BCUT2D eigenvalue weighted by Gasteiger charge is 2.23. The van der Waals surface area contributed by atoms with E-state index in [0.717, 1.165) is 16.8 Å². The highest BCUT2D eigenvalue weighted by molar-refractivity contribution is 7.12. The number of rotatable bonds is 5. The molecule has 0 saturated heterocycles. The average molecular weight is 332 g/mol. The van der Waals surface area contributed by atoms with Gasteiger partial charge < -0.3 is 10.3 Å². The maximum absolute atomic E-state index is 12.7. The van der Waals surface area contributed by atoms with E-state index >= 15 is 0 Å². The van der Waals surface area contributed by atoms with Crippen LogP contribution in [-0.4, -0.2) is 16.7 Å². The number of ketones is 1. The lowest BCUT2D eigenvalue weighted by Gasteiger charge is -2.14. The van der Waals surface area contributed by atoms with Gasteiger partial charge in [0.15, 0.2) is 5.78 Å². The van der Waals surface area contributed by atoms with Gasteiger partial charge in [-0.2, -0.15) is 0 Å². The van der Waals surface area contributed by atoms with Crippen LogP contribution in [0.25, 0.3) is 0 Å². The summed E-state index contributed by atoms with van der Waals surface area (Å²) >= 11 is 1.73. The molecule has 2 heterocycles. The fourth-order valence-corrected chi connectivity index (χ4v) is 4.15. The Morgan fingerprint density at radius 1 is 1.30 bits per heavy atom. The van der Waals surface area contributed by atoms with Gasteiger partial charge in [0.2, 0.25) is 0 Å². The van der Waals surface area contributed by atoms with Crippen LogP contribution in [0.15, 0.2) is 6.07 Å². The second kappa shape index (κ2) is 6.71. The van der Waals surface area contributed by atoms with Crippen LogP contribution in [0.3, 0.4) is 0 Å². The van der Waals surface area contributed by atoms with E-state index in [4.69, 9.17) is 0 Å². The fourth-order valence-electron chi connectivity index (χ4n) is 3.13. The molecule has 0 aromatic carbocycles. The van der Waals surface area contributed by atoms with Crippen LogP contribution in [-0.2, 0) is 6.42 Å². The summed E-state index contributed by atoms with van der Waals surface area (Å²) in [5.41, 5.74) is 3.86. The number of hydrogen-bond donors (Lipinski definition) is 2. The third-order valence-corrected chi connectivity index (χ3v) is 5.10. The second-order valence-corrected chi connectivity index (χ2v) is 7.41. The number of thiophene rings is 1. The number of Topliss-reactive ketones (excluding diaryl/α,β-unsaturated/α-hetero) is 1. The standard InChI is InChI=1S/C18H24N2O2S/c1-7-14-16(12(5)21)11(4)19-17(14)18(22)20-10(3)15-8-9(2)23-13(15)6/h8,10,19H,7H2,1-6H3,(H,20,22)/t10-/m1/s1. The van der Waals surface area contributed by atoms with Gasteiger partial charge in [-0.25, -0.2) is 0 Å². The zero-order chi connectivity index (χ0) is 17.3. The van der Waals surface area contributed by atoms with Crippen LogP contribution in [0.1, 0.15) is 74.2 Å². The maximum Gasteiger partial charge on any atom is 0.268 e. The summed E-state index contributed by atoms with van der Waals surface area (Å²) < 4.78 is 0. The molecule has 0 aliphatic rings. The lowest BCUT2D eigenvalue weighted by molar-refractivity contribution is 0.0934. The Morgan fingerprint density at radius 2 is 1.96 bits per heavy atom. The molecule has 1 atom stereocenters. The van der Waals surface area contributed by atoms with Crippen LogP contribution < -0.4 is 5.32 Å². The van der Waals surface area contributed by atoms with Crippen molar-refractivity contribution < 1.29 is 9.59 Å². The monoisotopic (exact) mass is 332 g/mol. The molecule has 23 heavy (non-hydrogen) atoms. The van der Waals surface area contributed by atoms with Gasteiger partial charge in [-0.15, -0.1) is 11.3 Å². The minimum atomic E-state index is -0.159. The van der Waals surface area contributed by atoms with Gasteiger partial charge in [0.1, 0.15) is 5.69 Å². The van der Waals surface area contributed by atoms with E-state index in [2.05, 4.69) is 30.2 Å². The van der Waals surface area contributed by atoms with E-state index in [1.54, 1.807) is 11.3 Å².